The molecule has 0 aliphatic carbocycles. The standard InChI is InChI=1S/C37H24N4/c1-3-11-27(12-4-1)39-32-16-8-7-15-29(32)30-23-25(19-21-33(30)39)26-20-22-34-31(24-26)38-37-40(28-13-5-2-6-14-28)35-17-9-10-18-36(35)41(34)37/h1-24H. The number of nitrogens with zero attached hydrogens (tertiary/aromatic N) is 4. The van der Waals surface area contributed by atoms with Crippen molar-refractivity contribution in [3.63, 3.8) is 0 Å². The molecule has 0 unspecified atom stereocenters. The van der Waals surface area contributed by atoms with Crippen LogP contribution in [-0.2, 0) is 0 Å². The van der Waals surface area contributed by atoms with Crippen molar-refractivity contribution >= 4 is 49.7 Å². The van der Waals surface area contributed by atoms with Crippen LogP contribution in [0.4, 0.5) is 0 Å². The van der Waals surface area contributed by atoms with Crippen LogP contribution in [0.15, 0.2) is 146 Å². The molecular formula is C37H24N4. The zero-order chi connectivity index (χ0) is 26.9. The highest BCUT2D eigenvalue weighted by Crippen LogP contribution is 2.36. The maximum atomic E-state index is 5.19. The highest BCUT2D eigenvalue weighted by molar-refractivity contribution is 6.10. The van der Waals surface area contributed by atoms with E-state index in [0.29, 0.717) is 0 Å². The van der Waals surface area contributed by atoms with Crippen LogP contribution in [0.5, 0.6) is 0 Å². The van der Waals surface area contributed by atoms with Gasteiger partial charge in [-0.25, -0.2) is 4.98 Å². The van der Waals surface area contributed by atoms with Gasteiger partial charge in [-0.3, -0.25) is 8.97 Å². The van der Waals surface area contributed by atoms with Gasteiger partial charge in [-0.2, -0.15) is 0 Å². The molecule has 0 saturated heterocycles. The molecule has 0 bridgehead atoms. The first-order chi connectivity index (χ1) is 20.3. The van der Waals surface area contributed by atoms with Crippen molar-refractivity contribution in [2.75, 3.05) is 0 Å². The molecule has 3 aromatic heterocycles. The van der Waals surface area contributed by atoms with Gasteiger partial charge in [0.2, 0.25) is 5.78 Å². The van der Waals surface area contributed by atoms with E-state index in [1.54, 1.807) is 0 Å². The summed E-state index contributed by atoms with van der Waals surface area (Å²) in [7, 11) is 0. The second-order valence-electron chi connectivity index (χ2n) is 10.5. The van der Waals surface area contributed by atoms with Crippen molar-refractivity contribution in [1.29, 1.82) is 0 Å². The lowest BCUT2D eigenvalue weighted by Crippen LogP contribution is -1.94. The Kier molecular flexibility index (Phi) is 4.58. The monoisotopic (exact) mass is 524 g/mol. The van der Waals surface area contributed by atoms with Gasteiger partial charge in [0.25, 0.3) is 0 Å². The highest BCUT2D eigenvalue weighted by atomic mass is 15.2. The van der Waals surface area contributed by atoms with Crippen LogP contribution in [0.25, 0.3) is 72.2 Å². The summed E-state index contributed by atoms with van der Waals surface area (Å²) in [5, 5.41) is 2.50. The summed E-state index contributed by atoms with van der Waals surface area (Å²) in [6.07, 6.45) is 0. The lowest BCUT2D eigenvalue weighted by atomic mass is 10.0. The largest absolute Gasteiger partial charge is 0.309 e. The van der Waals surface area contributed by atoms with Gasteiger partial charge in [0.05, 0.1) is 33.1 Å². The summed E-state index contributed by atoms with van der Waals surface area (Å²) in [5.74, 6) is 0.922. The van der Waals surface area contributed by atoms with E-state index >= 15 is 0 Å². The lowest BCUT2D eigenvalue weighted by Gasteiger charge is -2.08. The Hall–Kier alpha value is -5.61. The molecule has 0 fully saturated rings. The van der Waals surface area contributed by atoms with Gasteiger partial charge in [0, 0.05) is 22.1 Å². The second-order valence-corrected chi connectivity index (χ2v) is 10.5. The Labute approximate surface area is 236 Å². The van der Waals surface area contributed by atoms with Crippen LogP contribution in [0.1, 0.15) is 0 Å². The molecule has 4 heteroatoms. The average Bonchev–Trinajstić information content (AvgIpc) is 3.68. The van der Waals surface area contributed by atoms with Crippen LogP contribution in [0, 0.1) is 0 Å². The second kappa shape index (κ2) is 8.44. The summed E-state index contributed by atoms with van der Waals surface area (Å²) in [6.45, 7) is 0. The molecule has 4 nitrogen and oxygen atoms in total. The molecule has 0 aliphatic rings. The molecule has 0 amide bonds. The van der Waals surface area contributed by atoms with E-state index in [1.165, 1.54) is 33.1 Å². The van der Waals surface area contributed by atoms with Gasteiger partial charge >= 0.3 is 0 Å². The Balaban J connectivity index is 1.26. The Morgan fingerprint density at radius 3 is 1.71 bits per heavy atom. The molecular weight excluding hydrogens is 500 g/mol. The minimum absolute atomic E-state index is 0.922. The summed E-state index contributed by atoms with van der Waals surface area (Å²) in [4.78, 5) is 5.19. The van der Waals surface area contributed by atoms with Crippen LogP contribution in [0.3, 0.4) is 0 Å². The van der Waals surface area contributed by atoms with E-state index in [-0.39, 0.29) is 0 Å². The Morgan fingerprint density at radius 1 is 0.390 bits per heavy atom. The SMILES string of the molecule is c1ccc(-n2c3ccccc3c3cc(-c4ccc5c(c4)nc4n(-c6ccccc6)c6ccccc6n54)ccc32)cc1. The van der Waals surface area contributed by atoms with Gasteiger partial charge in [-0.05, 0) is 77.9 Å². The van der Waals surface area contributed by atoms with Crippen LogP contribution < -0.4 is 0 Å². The molecule has 6 aromatic carbocycles. The first kappa shape index (κ1) is 22.2. The molecule has 41 heavy (non-hydrogen) atoms. The molecule has 0 aliphatic heterocycles. The predicted octanol–water partition coefficient (Wildman–Crippen LogP) is 9.20. The third-order valence-electron chi connectivity index (χ3n) is 8.24. The van der Waals surface area contributed by atoms with Crippen LogP contribution in [0.2, 0.25) is 0 Å². The molecule has 0 atom stereocenters. The van der Waals surface area contributed by atoms with E-state index in [4.69, 9.17) is 4.98 Å². The number of fused-ring (bicyclic) bond motifs is 8. The number of rotatable bonds is 3. The van der Waals surface area contributed by atoms with E-state index in [2.05, 4.69) is 159 Å². The van der Waals surface area contributed by atoms with E-state index in [9.17, 15) is 0 Å². The van der Waals surface area contributed by atoms with Gasteiger partial charge in [-0.15, -0.1) is 0 Å². The summed E-state index contributed by atoms with van der Waals surface area (Å²) in [5.41, 5.74) is 11.4. The van der Waals surface area contributed by atoms with Crippen molar-refractivity contribution < 1.29 is 0 Å². The summed E-state index contributed by atoms with van der Waals surface area (Å²) in [6, 6.07) is 51.7. The van der Waals surface area contributed by atoms with Crippen molar-refractivity contribution in [1.82, 2.24) is 18.5 Å². The first-order valence-corrected chi connectivity index (χ1v) is 13.9. The zero-order valence-corrected chi connectivity index (χ0v) is 22.1. The smallest absolute Gasteiger partial charge is 0.220 e. The van der Waals surface area contributed by atoms with Crippen molar-refractivity contribution in [2.45, 2.75) is 0 Å². The number of hydrogen-bond donors (Lipinski definition) is 0. The lowest BCUT2D eigenvalue weighted by molar-refractivity contribution is 1.11. The average molecular weight is 525 g/mol. The Bertz CT molecular complexity index is 2410. The highest BCUT2D eigenvalue weighted by Gasteiger charge is 2.18. The first-order valence-electron chi connectivity index (χ1n) is 13.9. The fourth-order valence-corrected chi connectivity index (χ4v) is 6.42. The maximum Gasteiger partial charge on any atom is 0.220 e. The molecule has 0 radical (unpaired) electrons. The molecule has 9 aromatic rings. The summed E-state index contributed by atoms with van der Waals surface area (Å²) >= 11 is 0. The van der Waals surface area contributed by atoms with Gasteiger partial charge in [-0.1, -0.05) is 78.9 Å². The number of para-hydroxylation sites is 5. The van der Waals surface area contributed by atoms with Crippen LogP contribution in [-0.4, -0.2) is 18.5 Å². The third-order valence-corrected chi connectivity index (χ3v) is 8.24. The van der Waals surface area contributed by atoms with Gasteiger partial charge < -0.3 is 4.57 Å². The number of benzene rings is 6. The number of hydrogen-bond acceptors (Lipinski definition) is 1. The minimum Gasteiger partial charge on any atom is -0.309 e. The molecule has 9 rings (SSSR count). The van der Waals surface area contributed by atoms with Gasteiger partial charge in [0.15, 0.2) is 0 Å². The topological polar surface area (TPSA) is 27.2 Å². The molecule has 0 N–H and O–H groups in total. The van der Waals surface area contributed by atoms with E-state index < -0.39 is 0 Å². The normalized spacial score (nSPS) is 11.9. The quantitative estimate of drug-likeness (QED) is 0.226. The van der Waals surface area contributed by atoms with Crippen molar-refractivity contribution in [3.05, 3.63) is 146 Å². The van der Waals surface area contributed by atoms with Crippen molar-refractivity contribution in [2.24, 2.45) is 0 Å². The summed E-state index contributed by atoms with van der Waals surface area (Å²) < 4.78 is 6.88. The molecule has 192 valence electrons. The number of aromatic nitrogens is 4. The van der Waals surface area contributed by atoms with Crippen molar-refractivity contribution in [3.8, 4) is 22.5 Å². The maximum absolute atomic E-state index is 5.19. The predicted molar refractivity (Wildman–Crippen MR) is 169 cm³/mol. The Morgan fingerprint density at radius 2 is 0.951 bits per heavy atom. The molecule has 3 heterocycles. The molecule has 0 spiro atoms. The number of imidazole rings is 2. The molecule has 0 saturated carbocycles. The third kappa shape index (κ3) is 3.19. The van der Waals surface area contributed by atoms with E-state index in [1.807, 2.05) is 0 Å². The van der Waals surface area contributed by atoms with E-state index in [0.717, 1.165) is 39.1 Å². The fraction of sp³-hybridized carbons (Fsp3) is 0. The minimum atomic E-state index is 0.922. The zero-order valence-electron chi connectivity index (χ0n) is 22.1. The fourth-order valence-electron chi connectivity index (χ4n) is 6.42. The van der Waals surface area contributed by atoms with Crippen LogP contribution >= 0.6 is 0 Å². The van der Waals surface area contributed by atoms with Gasteiger partial charge in [0.1, 0.15) is 0 Å².